The van der Waals surface area contributed by atoms with Crippen molar-refractivity contribution in [1.29, 1.82) is 0 Å². The van der Waals surface area contributed by atoms with Crippen LogP contribution in [0.2, 0.25) is 0 Å². The van der Waals surface area contributed by atoms with Gasteiger partial charge >= 0.3 is 0 Å². The van der Waals surface area contributed by atoms with Crippen molar-refractivity contribution in [1.82, 2.24) is 10.3 Å². The van der Waals surface area contributed by atoms with Crippen LogP contribution in [-0.4, -0.2) is 43.7 Å². The topological polar surface area (TPSA) is 67.6 Å². The number of rotatable bonds is 7. The predicted octanol–water partition coefficient (Wildman–Crippen LogP) is 0.112. The Morgan fingerprint density at radius 3 is 2.60 bits per heavy atom. The summed E-state index contributed by atoms with van der Waals surface area (Å²) >= 11 is 0. The standard InChI is InChI=1S/C10H23N3O2/c1-5-6-8(2)13(3)9(7-15-4)10(14)12-11/h8-9H,5-7,11H2,1-4H3,(H,12,14). The summed E-state index contributed by atoms with van der Waals surface area (Å²) in [5.74, 6) is 4.93. The molecule has 0 fully saturated rings. The van der Waals surface area contributed by atoms with Gasteiger partial charge in [-0.2, -0.15) is 0 Å². The first-order valence-electron chi connectivity index (χ1n) is 5.29. The van der Waals surface area contributed by atoms with Gasteiger partial charge in [0.25, 0.3) is 5.91 Å². The van der Waals surface area contributed by atoms with Gasteiger partial charge in [-0.1, -0.05) is 13.3 Å². The summed E-state index contributed by atoms with van der Waals surface area (Å²) in [7, 11) is 3.49. The van der Waals surface area contributed by atoms with Gasteiger partial charge in [0, 0.05) is 13.2 Å². The van der Waals surface area contributed by atoms with E-state index in [9.17, 15) is 4.79 Å². The van der Waals surface area contributed by atoms with Gasteiger partial charge in [0.15, 0.2) is 0 Å². The van der Waals surface area contributed by atoms with Gasteiger partial charge in [-0.25, -0.2) is 5.84 Å². The summed E-state index contributed by atoms with van der Waals surface area (Å²) in [5.41, 5.74) is 2.17. The summed E-state index contributed by atoms with van der Waals surface area (Å²) in [6.07, 6.45) is 2.14. The molecule has 3 N–H and O–H groups in total. The number of carbonyl (C=O) groups excluding carboxylic acids is 1. The maximum absolute atomic E-state index is 11.5. The minimum atomic E-state index is -0.318. The van der Waals surface area contributed by atoms with Crippen LogP contribution >= 0.6 is 0 Å². The second kappa shape index (κ2) is 7.62. The molecule has 0 spiro atoms. The summed E-state index contributed by atoms with van der Waals surface area (Å²) < 4.78 is 5.02. The molecule has 0 aromatic rings. The van der Waals surface area contributed by atoms with E-state index >= 15 is 0 Å². The zero-order valence-corrected chi connectivity index (χ0v) is 10.1. The number of hydrazine groups is 1. The van der Waals surface area contributed by atoms with Gasteiger partial charge in [-0.15, -0.1) is 0 Å². The highest BCUT2D eigenvalue weighted by atomic mass is 16.5. The van der Waals surface area contributed by atoms with Crippen LogP contribution in [0.3, 0.4) is 0 Å². The van der Waals surface area contributed by atoms with Crippen molar-refractivity contribution in [2.24, 2.45) is 5.84 Å². The van der Waals surface area contributed by atoms with Crippen LogP contribution < -0.4 is 11.3 Å². The Bertz CT molecular complexity index is 188. The lowest BCUT2D eigenvalue weighted by molar-refractivity contribution is -0.128. The van der Waals surface area contributed by atoms with Crippen molar-refractivity contribution in [3.05, 3.63) is 0 Å². The number of ether oxygens (including phenoxy) is 1. The lowest BCUT2D eigenvalue weighted by Gasteiger charge is -2.31. The van der Waals surface area contributed by atoms with Crippen LogP contribution in [0.1, 0.15) is 26.7 Å². The molecule has 0 heterocycles. The van der Waals surface area contributed by atoms with E-state index in [1.165, 1.54) is 0 Å². The molecule has 0 saturated carbocycles. The van der Waals surface area contributed by atoms with E-state index in [1.807, 2.05) is 11.9 Å². The molecule has 1 amide bonds. The summed E-state index contributed by atoms with van der Waals surface area (Å²) in [5, 5.41) is 0. The number of nitrogens with two attached hydrogens (primary N) is 1. The number of hydrogen-bond acceptors (Lipinski definition) is 4. The molecule has 0 aromatic heterocycles. The minimum Gasteiger partial charge on any atom is -0.383 e. The van der Waals surface area contributed by atoms with E-state index in [-0.39, 0.29) is 11.9 Å². The molecular weight excluding hydrogens is 194 g/mol. The highest BCUT2D eigenvalue weighted by Gasteiger charge is 2.25. The zero-order valence-electron chi connectivity index (χ0n) is 10.1. The first-order chi connectivity index (χ1) is 7.08. The molecule has 2 unspecified atom stereocenters. The SMILES string of the molecule is CCCC(C)N(C)C(COC)C(=O)NN. The van der Waals surface area contributed by atoms with E-state index in [0.717, 1.165) is 12.8 Å². The fourth-order valence-corrected chi connectivity index (χ4v) is 1.56. The first-order valence-corrected chi connectivity index (χ1v) is 5.29. The molecule has 0 aliphatic carbocycles. The molecule has 0 aliphatic rings. The van der Waals surface area contributed by atoms with Crippen LogP contribution in [-0.2, 0) is 9.53 Å². The Morgan fingerprint density at radius 1 is 1.60 bits per heavy atom. The fourth-order valence-electron chi connectivity index (χ4n) is 1.56. The molecule has 15 heavy (non-hydrogen) atoms. The largest absolute Gasteiger partial charge is 0.383 e. The second-order valence-electron chi connectivity index (χ2n) is 3.78. The lowest BCUT2D eigenvalue weighted by Crippen LogP contribution is -2.52. The highest BCUT2D eigenvalue weighted by molar-refractivity contribution is 5.81. The third kappa shape index (κ3) is 4.59. The van der Waals surface area contributed by atoms with Crippen molar-refractivity contribution >= 4 is 5.91 Å². The van der Waals surface area contributed by atoms with Crippen molar-refractivity contribution < 1.29 is 9.53 Å². The third-order valence-electron chi connectivity index (χ3n) is 2.66. The molecule has 0 saturated heterocycles. The van der Waals surface area contributed by atoms with Crippen molar-refractivity contribution in [2.45, 2.75) is 38.8 Å². The maximum Gasteiger partial charge on any atom is 0.253 e. The lowest BCUT2D eigenvalue weighted by atomic mass is 10.1. The molecule has 0 bridgehead atoms. The van der Waals surface area contributed by atoms with E-state index in [0.29, 0.717) is 12.6 Å². The Balaban J connectivity index is 4.39. The van der Waals surface area contributed by atoms with Gasteiger partial charge in [0.2, 0.25) is 0 Å². The third-order valence-corrected chi connectivity index (χ3v) is 2.66. The van der Waals surface area contributed by atoms with E-state index < -0.39 is 0 Å². The monoisotopic (exact) mass is 217 g/mol. The van der Waals surface area contributed by atoms with Crippen LogP contribution in [0, 0.1) is 0 Å². The van der Waals surface area contributed by atoms with Crippen molar-refractivity contribution in [2.75, 3.05) is 20.8 Å². The van der Waals surface area contributed by atoms with Crippen LogP contribution in [0.15, 0.2) is 0 Å². The van der Waals surface area contributed by atoms with Gasteiger partial charge < -0.3 is 4.74 Å². The van der Waals surface area contributed by atoms with E-state index in [1.54, 1.807) is 7.11 Å². The summed E-state index contributed by atoms with van der Waals surface area (Å²) in [6, 6.07) is 0.0222. The molecular formula is C10H23N3O2. The van der Waals surface area contributed by atoms with Gasteiger partial charge in [-0.05, 0) is 20.4 Å². The van der Waals surface area contributed by atoms with Gasteiger partial charge in [0.1, 0.15) is 6.04 Å². The van der Waals surface area contributed by atoms with E-state index in [4.69, 9.17) is 10.6 Å². The molecule has 5 heteroatoms. The number of amides is 1. The van der Waals surface area contributed by atoms with Crippen molar-refractivity contribution in [3.8, 4) is 0 Å². The number of methoxy groups -OCH3 is 1. The highest BCUT2D eigenvalue weighted by Crippen LogP contribution is 2.08. The molecule has 0 radical (unpaired) electrons. The molecule has 0 aromatic carbocycles. The second-order valence-corrected chi connectivity index (χ2v) is 3.78. The average molecular weight is 217 g/mol. The molecule has 0 aliphatic heterocycles. The van der Waals surface area contributed by atoms with E-state index in [2.05, 4.69) is 19.3 Å². The normalized spacial score (nSPS) is 15.1. The molecule has 5 nitrogen and oxygen atoms in total. The molecule has 0 rings (SSSR count). The summed E-state index contributed by atoms with van der Waals surface area (Å²) in [4.78, 5) is 13.5. The average Bonchev–Trinajstić information content (AvgIpc) is 2.24. The molecule has 2 atom stereocenters. The van der Waals surface area contributed by atoms with Crippen LogP contribution in [0.4, 0.5) is 0 Å². The first kappa shape index (κ1) is 14.3. The Morgan fingerprint density at radius 2 is 2.20 bits per heavy atom. The van der Waals surface area contributed by atoms with Gasteiger partial charge in [-0.3, -0.25) is 15.1 Å². The smallest absolute Gasteiger partial charge is 0.253 e. The number of likely N-dealkylation sites (N-methyl/N-ethyl adjacent to an activating group) is 1. The number of carbonyl (C=O) groups is 1. The van der Waals surface area contributed by atoms with Crippen LogP contribution in [0.25, 0.3) is 0 Å². The van der Waals surface area contributed by atoms with Gasteiger partial charge in [0.05, 0.1) is 6.61 Å². The summed E-state index contributed by atoms with van der Waals surface area (Å²) in [6.45, 7) is 4.57. The minimum absolute atomic E-state index is 0.206. The fraction of sp³-hybridized carbons (Fsp3) is 0.900. The zero-order chi connectivity index (χ0) is 11.8. The predicted molar refractivity (Wildman–Crippen MR) is 60.1 cm³/mol. The maximum atomic E-state index is 11.5. The Labute approximate surface area is 91.9 Å². The molecule has 90 valence electrons. The number of hydrogen-bond donors (Lipinski definition) is 2. The van der Waals surface area contributed by atoms with Crippen LogP contribution in [0.5, 0.6) is 0 Å². The van der Waals surface area contributed by atoms with Crippen molar-refractivity contribution in [3.63, 3.8) is 0 Å². The quantitative estimate of drug-likeness (QED) is 0.361. The Hall–Kier alpha value is -0.650. The Kier molecular flexibility index (Phi) is 7.29. The number of nitrogens with one attached hydrogen (secondary N) is 1. The number of nitrogens with zero attached hydrogens (tertiary/aromatic N) is 1.